The summed E-state index contributed by atoms with van der Waals surface area (Å²) >= 11 is 6.50. The summed E-state index contributed by atoms with van der Waals surface area (Å²) in [6, 6.07) is 5.79. The van der Waals surface area contributed by atoms with Gasteiger partial charge in [0.1, 0.15) is 5.76 Å². The van der Waals surface area contributed by atoms with Gasteiger partial charge in [-0.15, -0.1) is 13.2 Å². The number of carbonyl (C=O) groups excluding carboxylic acids is 2. The van der Waals surface area contributed by atoms with Crippen molar-refractivity contribution in [3.8, 4) is 0 Å². The molecule has 3 aliphatic rings. The molecule has 2 atom stereocenters. The molecule has 0 bridgehead atoms. The summed E-state index contributed by atoms with van der Waals surface area (Å²) in [4.78, 5) is 29.1. The molecule has 0 fully saturated rings. The zero-order chi connectivity index (χ0) is 32.2. The highest BCUT2D eigenvalue weighted by molar-refractivity contribution is 6.30. The molecule has 9 heteroatoms. The molecule has 1 N–H and O–H groups in total. The van der Waals surface area contributed by atoms with E-state index < -0.39 is 6.36 Å². The van der Waals surface area contributed by atoms with Gasteiger partial charge in [0.25, 0.3) is 0 Å². The second-order valence-electron chi connectivity index (χ2n) is 12.3. The first-order valence-electron chi connectivity index (χ1n) is 15.0. The van der Waals surface area contributed by atoms with E-state index in [1.54, 1.807) is 0 Å². The predicted molar refractivity (Wildman–Crippen MR) is 168 cm³/mol. The average molecular weight is 629 g/mol. The molecule has 0 heterocycles. The van der Waals surface area contributed by atoms with E-state index in [2.05, 4.69) is 27.1 Å². The second kappa shape index (κ2) is 14.2. The quantitative estimate of drug-likeness (QED) is 0.315. The Morgan fingerprint density at radius 3 is 2.57 bits per heavy atom. The molecule has 0 radical (unpaired) electrons. The van der Waals surface area contributed by atoms with Gasteiger partial charge < -0.3 is 15.0 Å². The molecule has 44 heavy (non-hydrogen) atoms. The van der Waals surface area contributed by atoms with Gasteiger partial charge in [0, 0.05) is 35.5 Å². The van der Waals surface area contributed by atoms with Crippen molar-refractivity contribution in [1.82, 2.24) is 10.2 Å². The van der Waals surface area contributed by atoms with E-state index in [4.69, 9.17) is 11.6 Å². The fourth-order valence-corrected chi connectivity index (χ4v) is 6.37. The van der Waals surface area contributed by atoms with Crippen LogP contribution in [0.2, 0.25) is 5.02 Å². The SMILES string of the molecule is CC(C)NC(=O)CC1=CC(=O)C2=C(CCC1C1=CC(OC(F)(F)F)=CCC1)C(C)C=CC(c1cc(Cl)cc(CN(C)C)c1)=C2. The van der Waals surface area contributed by atoms with Crippen LogP contribution in [-0.2, 0) is 20.9 Å². The van der Waals surface area contributed by atoms with E-state index in [1.807, 2.05) is 59.2 Å². The fraction of sp³-hybridized carbons (Fsp3) is 0.429. The predicted octanol–water partition coefficient (Wildman–Crippen LogP) is 8.25. The molecule has 4 rings (SSSR count). The second-order valence-corrected chi connectivity index (χ2v) is 12.7. The van der Waals surface area contributed by atoms with Crippen molar-refractivity contribution in [1.29, 1.82) is 0 Å². The van der Waals surface area contributed by atoms with Gasteiger partial charge in [0.05, 0.1) is 0 Å². The lowest BCUT2D eigenvalue weighted by atomic mass is 9.76. The van der Waals surface area contributed by atoms with Crippen molar-refractivity contribution >= 4 is 28.9 Å². The lowest BCUT2D eigenvalue weighted by Crippen LogP contribution is -2.31. The van der Waals surface area contributed by atoms with Crippen LogP contribution in [0.4, 0.5) is 13.2 Å². The van der Waals surface area contributed by atoms with Crippen molar-refractivity contribution in [2.75, 3.05) is 14.1 Å². The molecule has 5 nitrogen and oxygen atoms in total. The highest BCUT2D eigenvalue weighted by atomic mass is 35.5. The summed E-state index contributed by atoms with van der Waals surface area (Å²) in [5, 5.41) is 3.49. The summed E-state index contributed by atoms with van der Waals surface area (Å²) in [5.74, 6) is -1.15. The Morgan fingerprint density at radius 2 is 1.89 bits per heavy atom. The third-order valence-electron chi connectivity index (χ3n) is 7.88. The number of alkyl halides is 3. The molecule has 1 aromatic rings. The maximum atomic E-state index is 14.1. The monoisotopic (exact) mass is 628 g/mol. The van der Waals surface area contributed by atoms with E-state index in [-0.39, 0.29) is 41.7 Å². The first-order chi connectivity index (χ1) is 20.7. The Kier molecular flexibility index (Phi) is 10.8. The normalized spacial score (nSPS) is 21.1. The number of amides is 1. The number of nitrogens with zero attached hydrogens (tertiary/aromatic N) is 1. The molecule has 0 aromatic heterocycles. The molecule has 0 aliphatic heterocycles. The van der Waals surface area contributed by atoms with Gasteiger partial charge in [-0.1, -0.05) is 41.8 Å². The van der Waals surface area contributed by atoms with Crippen molar-refractivity contribution in [3.63, 3.8) is 0 Å². The maximum Gasteiger partial charge on any atom is 0.573 e. The molecule has 0 spiro atoms. The molecule has 236 valence electrons. The molecule has 1 amide bonds. The molecular formula is C35H40ClF3N2O3. The van der Waals surface area contributed by atoms with Crippen LogP contribution in [0.25, 0.3) is 5.57 Å². The summed E-state index contributed by atoms with van der Waals surface area (Å²) in [6.07, 6.45) is 7.52. The van der Waals surface area contributed by atoms with Crippen LogP contribution in [0.3, 0.4) is 0 Å². The number of ketones is 1. The van der Waals surface area contributed by atoms with E-state index in [0.29, 0.717) is 48.4 Å². The van der Waals surface area contributed by atoms with Gasteiger partial charge >= 0.3 is 6.36 Å². The number of hydrogen-bond donors (Lipinski definition) is 1. The summed E-state index contributed by atoms with van der Waals surface area (Å²) in [7, 11) is 3.97. The number of allylic oxidation sites excluding steroid dienone is 10. The molecule has 0 saturated carbocycles. The smallest absolute Gasteiger partial charge is 0.406 e. The summed E-state index contributed by atoms with van der Waals surface area (Å²) in [6.45, 7) is 6.46. The van der Waals surface area contributed by atoms with Crippen LogP contribution in [0.5, 0.6) is 0 Å². The first-order valence-corrected chi connectivity index (χ1v) is 15.3. The van der Waals surface area contributed by atoms with Gasteiger partial charge in [-0.25, -0.2) is 0 Å². The molecular weight excluding hydrogens is 589 g/mol. The average Bonchev–Trinajstić information content (AvgIpc) is 3.04. The van der Waals surface area contributed by atoms with Gasteiger partial charge in [0.15, 0.2) is 5.78 Å². The Morgan fingerprint density at radius 1 is 1.14 bits per heavy atom. The summed E-state index contributed by atoms with van der Waals surface area (Å²) < 4.78 is 43.4. The maximum absolute atomic E-state index is 14.1. The topological polar surface area (TPSA) is 58.6 Å². The lowest BCUT2D eigenvalue weighted by molar-refractivity contribution is -0.303. The Hall–Kier alpha value is -3.36. The van der Waals surface area contributed by atoms with Crippen LogP contribution in [0, 0.1) is 11.8 Å². The zero-order valence-corrected chi connectivity index (χ0v) is 26.6. The van der Waals surface area contributed by atoms with Gasteiger partial charge in [-0.2, -0.15) is 0 Å². The minimum Gasteiger partial charge on any atom is -0.406 e. The van der Waals surface area contributed by atoms with Crippen molar-refractivity contribution in [3.05, 3.63) is 98.9 Å². The third-order valence-corrected chi connectivity index (χ3v) is 8.10. The van der Waals surface area contributed by atoms with E-state index >= 15 is 0 Å². The first kappa shape index (κ1) is 33.5. The van der Waals surface area contributed by atoms with Gasteiger partial charge in [0.2, 0.25) is 5.91 Å². The van der Waals surface area contributed by atoms with Crippen LogP contribution in [0.15, 0.2) is 82.7 Å². The van der Waals surface area contributed by atoms with Crippen LogP contribution < -0.4 is 5.32 Å². The minimum atomic E-state index is -4.81. The lowest BCUT2D eigenvalue weighted by Gasteiger charge is -2.29. The van der Waals surface area contributed by atoms with Crippen molar-refractivity contribution in [2.24, 2.45) is 11.8 Å². The number of carbonyl (C=O) groups is 2. The Balaban J connectivity index is 1.77. The van der Waals surface area contributed by atoms with E-state index in [9.17, 15) is 22.8 Å². The van der Waals surface area contributed by atoms with Crippen LogP contribution in [0.1, 0.15) is 64.0 Å². The fourth-order valence-electron chi connectivity index (χ4n) is 6.11. The number of nitrogens with one attached hydrogen (secondary N) is 1. The van der Waals surface area contributed by atoms with E-state index in [0.717, 1.165) is 27.8 Å². The highest BCUT2D eigenvalue weighted by Crippen LogP contribution is 2.41. The van der Waals surface area contributed by atoms with Crippen LogP contribution in [-0.4, -0.2) is 43.1 Å². The third kappa shape index (κ3) is 9.08. The number of ether oxygens (including phenoxy) is 1. The molecule has 2 unspecified atom stereocenters. The molecule has 3 aliphatic carbocycles. The number of rotatable bonds is 8. The highest BCUT2D eigenvalue weighted by Gasteiger charge is 2.34. The number of halogens is 4. The van der Waals surface area contributed by atoms with Gasteiger partial charge in [-0.3, -0.25) is 9.59 Å². The number of benzene rings is 1. The molecule has 0 saturated heterocycles. The Labute approximate surface area is 262 Å². The summed E-state index contributed by atoms with van der Waals surface area (Å²) in [5.41, 5.74) is 5.66. The minimum absolute atomic E-state index is 0.0275. The van der Waals surface area contributed by atoms with E-state index in [1.165, 1.54) is 18.2 Å². The van der Waals surface area contributed by atoms with Crippen molar-refractivity contribution in [2.45, 2.75) is 71.8 Å². The standard InChI is InChI=1S/C35H40ClF3N2O3/c1-21(2)40-34(43)19-27-18-33(42)32-17-24(26-13-23(20-41(4)5)14-28(36)15-26)10-9-22(3)30(32)11-12-31(27)25-7-6-8-29(16-25)44-35(37,38)39/h8-10,13-18,21-22,31H,6-7,11-12,19-20H2,1-5H3,(H,40,43). The molecule has 1 aromatic carbocycles. The van der Waals surface area contributed by atoms with Crippen LogP contribution >= 0.6 is 11.6 Å². The number of hydrogen-bond acceptors (Lipinski definition) is 4. The van der Waals surface area contributed by atoms with Crippen molar-refractivity contribution < 1.29 is 27.5 Å². The largest absolute Gasteiger partial charge is 0.573 e. The van der Waals surface area contributed by atoms with Gasteiger partial charge in [-0.05, 0) is 124 Å². The zero-order valence-electron chi connectivity index (χ0n) is 25.9. The Bertz CT molecular complexity index is 1480.